The molecule has 0 aliphatic heterocycles. The molecule has 0 spiro atoms. The van der Waals surface area contributed by atoms with E-state index in [0.717, 1.165) is 27.6 Å². The number of ether oxygens (including phenoxy) is 1. The Balaban J connectivity index is 1.46. The number of aliphatic hydroxyl groups excluding tert-OH is 1. The number of para-hydroxylation sites is 1. The lowest BCUT2D eigenvalue weighted by atomic mass is 10.1. The van der Waals surface area contributed by atoms with Crippen LogP contribution in [0.1, 0.15) is 25.7 Å². The third-order valence-electron chi connectivity index (χ3n) is 4.92. The first-order valence-electron chi connectivity index (χ1n) is 8.85. The fourth-order valence-electron chi connectivity index (χ4n) is 3.67. The highest BCUT2D eigenvalue weighted by Crippen LogP contribution is 2.32. The zero-order valence-corrected chi connectivity index (χ0v) is 13.8. The molecule has 3 N–H and O–H groups in total. The lowest BCUT2D eigenvalue weighted by molar-refractivity contribution is 0.104. The van der Waals surface area contributed by atoms with E-state index in [9.17, 15) is 5.11 Å². The summed E-state index contributed by atoms with van der Waals surface area (Å²) in [6.07, 6.45) is 4.55. The zero-order chi connectivity index (χ0) is 16.4. The van der Waals surface area contributed by atoms with Crippen LogP contribution < -0.4 is 10.1 Å². The van der Waals surface area contributed by atoms with Gasteiger partial charge in [-0.25, -0.2) is 0 Å². The van der Waals surface area contributed by atoms with Gasteiger partial charge in [0.2, 0.25) is 0 Å². The van der Waals surface area contributed by atoms with Crippen LogP contribution in [-0.4, -0.2) is 35.4 Å². The van der Waals surface area contributed by atoms with Crippen molar-refractivity contribution >= 4 is 21.8 Å². The quantitative estimate of drug-likeness (QED) is 0.649. The summed E-state index contributed by atoms with van der Waals surface area (Å²) in [6.45, 7) is 0.896. The van der Waals surface area contributed by atoms with Gasteiger partial charge in [0.25, 0.3) is 0 Å². The SMILES string of the molecule is OC(CNC1CCCC1)COc1cccc2[nH]c3ccccc3c12. The number of aromatic amines is 1. The maximum atomic E-state index is 10.2. The fraction of sp³-hybridized carbons (Fsp3) is 0.400. The van der Waals surface area contributed by atoms with E-state index < -0.39 is 6.10 Å². The van der Waals surface area contributed by atoms with E-state index in [1.807, 2.05) is 24.3 Å². The summed E-state index contributed by atoms with van der Waals surface area (Å²) in [5.74, 6) is 0.824. The number of aromatic nitrogens is 1. The van der Waals surface area contributed by atoms with Crippen LogP contribution >= 0.6 is 0 Å². The lowest BCUT2D eigenvalue weighted by Gasteiger charge is -2.17. The van der Waals surface area contributed by atoms with Crippen molar-refractivity contribution in [2.45, 2.75) is 37.8 Å². The third kappa shape index (κ3) is 3.12. The van der Waals surface area contributed by atoms with E-state index >= 15 is 0 Å². The van der Waals surface area contributed by atoms with E-state index in [4.69, 9.17) is 4.74 Å². The standard InChI is InChI=1S/C20H24N2O2/c23-15(12-21-14-6-1-2-7-14)13-24-19-11-5-10-18-20(19)16-8-3-4-9-17(16)22-18/h3-5,8-11,14-15,21-23H,1-2,6-7,12-13H2. The first-order chi connectivity index (χ1) is 11.8. The van der Waals surface area contributed by atoms with Gasteiger partial charge in [-0.2, -0.15) is 0 Å². The number of benzene rings is 2. The summed E-state index contributed by atoms with van der Waals surface area (Å²) < 4.78 is 5.95. The van der Waals surface area contributed by atoms with Gasteiger partial charge in [0.1, 0.15) is 18.5 Å². The van der Waals surface area contributed by atoms with Crippen molar-refractivity contribution in [1.29, 1.82) is 0 Å². The summed E-state index contributed by atoms with van der Waals surface area (Å²) in [5, 5.41) is 15.9. The molecule has 0 bridgehead atoms. The zero-order valence-electron chi connectivity index (χ0n) is 13.8. The van der Waals surface area contributed by atoms with Crippen molar-refractivity contribution in [2.75, 3.05) is 13.2 Å². The average Bonchev–Trinajstić information content (AvgIpc) is 3.25. The van der Waals surface area contributed by atoms with Gasteiger partial charge in [-0.3, -0.25) is 0 Å². The highest BCUT2D eigenvalue weighted by atomic mass is 16.5. The van der Waals surface area contributed by atoms with Crippen LogP contribution in [0.25, 0.3) is 21.8 Å². The highest BCUT2D eigenvalue weighted by Gasteiger charge is 2.16. The third-order valence-corrected chi connectivity index (χ3v) is 4.92. The minimum atomic E-state index is -0.494. The lowest BCUT2D eigenvalue weighted by Crippen LogP contribution is -2.36. The van der Waals surface area contributed by atoms with Crippen molar-refractivity contribution in [3.63, 3.8) is 0 Å². The van der Waals surface area contributed by atoms with Gasteiger partial charge >= 0.3 is 0 Å². The molecule has 1 saturated carbocycles. The van der Waals surface area contributed by atoms with Crippen molar-refractivity contribution < 1.29 is 9.84 Å². The second-order valence-electron chi connectivity index (χ2n) is 6.70. The van der Waals surface area contributed by atoms with Crippen molar-refractivity contribution in [3.05, 3.63) is 42.5 Å². The van der Waals surface area contributed by atoms with Crippen LogP contribution in [0.15, 0.2) is 42.5 Å². The first-order valence-corrected chi connectivity index (χ1v) is 8.85. The number of H-pyrrole nitrogens is 1. The molecule has 1 atom stereocenters. The molecule has 0 saturated heterocycles. The average molecular weight is 324 g/mol. The Morgan fingerprint density at radius 1 is 1.08 bits per heavy atom. The maximum Gasteiger partial charge on any atom is 0.129 e. The van der Waals surface area contributed by atoms with E-state index in [2.05, 4.69) is 28.5 Å². The number of rotatable bonds is 6. The van der Waals surface area contributed by atoms with Gasteiger partial charge in [0.15, 0.2) is 0 Å². The van der Waals surface area contributed by atoms with Gasteiger partial charge in [-0.1, -0.05) is 37.1 Å². The van der Waals surface area contributed by atoms with Gasteiger partial charge in [0.05, 0.1) is 5.52 Å². The Bertz CT molecular complexity index is 821. The van der Waals surface area contributed by atoms with Crippen LogP contribution in [0.5, 0.6) is 5.75 Å². The molecular formula is C20H24N2O2. The van der Waals surface area contributed by atoms with Crippen molar-refractivity contribution in [1.82, 2.24) is 10.3 Å². The Morgan fingerprint density at radius 3 is 2.75 bits per heavy atom. The summed E-state index contributed by atoms with van der Waals surface area (Å²) in [4.78, 5) is 3.41. The Labute approximate surface area is 141 Å². The largest absolute Gasteiger partial charge is 0.490 e. The summed E-state index contributed by atoms with van der Waals surface area (Å²) >= 11 is 0. The number of aliphatic hydroxyl groups is 1. The van der Waals surface area contributed by atoms with E-state index in [-0.39, 0.29) is 0 Å². The molecule has 24 heavy (non-hydrogen) atoms. The van der Waals surface area contributed by atoms with Crippen molar-refractivity contribution in [2.24, 2.45) is 0 Å². The van der Waals surface area contributed by atoms with Gasteiger partial charge < -0.3 is 20.1 Å². The Hall–Kier alpha value is -2.04. The number of hydrogen-bond donors (Lipinski definition) is 3. The van der Waals surface area contributed by atoms with E-state index in [1.165, 1.54) is 25.7 Å². The molecule has 1 unspecified atom stereocenters. The predicted octanol–water partition coefficient (Wildman–Crippen LogP) is 3.59. The smallest absolute Gasteiger partial charge is 0.129 e. The normalized spacial score (nSPS) is 16.9. The minimum Gasteiger partial charge on any atom is -0.490 e. The summed E-state index contributed by atoms with van der Waals surface area (Å²) in [5.41, 5.74) is 2.17. The molecule has 4 nitrogen and oxygen atoms in total. The second-order valence-corrected chi connectivity index (χ2v) is 6.70. The van der Waals surface area contributed by atoms with E-state index in [0.29, 0.717) is 19.2 Å². The second kappa shape index (κ2) is 6.83. The molecule has 126 valence electrons. The molecule has 1 aliphatic rings. The molecule has 1 fully saturated rings. The van der Waals surface area contributed by atoms with Crippen LogP contribution in [0.3, 0.4) is 0 Å². The van der Waals surface area contributed by atoms with Gasteiger partial charge in [0, 0.05) is 28.9 Å². The van der Waals surface area contributed by atoms with Crippen LogP contribution in [-0.2, 0) is 0 Å². The van der Waals surface area contributed by atoms with Crippen LogP contribution in [0.2, 0.25) is 0 Å². The van der Waals surface area contributed by atoms with Crippen LogP contribution in [0.4, 0.5) is 0 Å². The Kier molecular flexibility index (Phi) is 4.41. The molecule has 1 aliphatic carbocycles. The molecule has 0 amide bonds. The number of fused-ring (bicyclic) bond motifs is 3. The molecule has 4 rings (SSSR count). The maximum absolute atomic E-state index is 10.2. The monoisotopic (exact) mass is 324 g/mol. The van der Waals surface area contributed by atoms with Crippen molar-refractivity contribution in [3.8, 4) is 5.75 Å². The van der Waals surface area contributed by atoms with Gasteiger partial charge in [-0.05, 0) is 31.0 Å². The summed E-state index contributed by atoms with van der Waals surface area (Å²) in [6, 6.07) is 14.8. The highest BCUT2D eigenvalue weighted by molar-refractivity contribution is 6.10. The van der Waals surface area contributed by atoms with E-state index in [1.54, 1.807) is 0 Å². The molecule has 4 heteroatoms. The number of nitrogens with one attached hydrogen (secondary N) is 2. The summed E-state index contributed by atoms with van der Waals surface area (Å²) in [7, 11) is 0. The predicted molar refractivity (Wildman–Crippen MR) is 97.6 cm³/mol. The number of hydrogen-bond acceptors (Lipinski definition) is 3. The molecule has 2 aromatic carbocycles. The molecule has 1 heterocycles. The molecule has 0 radical (unpaired) electrons. The molecular weight excluding hydrogens is 300 g/mol. The topological polar surface area (TPSA) is 57.3 Å². The van der Waals surface area contributed by atoms with Crippen LogP contribution in [0, 0.1) is 0 Å². The first kappa shape index (κ1) is 15.5. The molecule has 1 aromatic heterocycles. The minimum absolute atomic E-state index is 0.304. The molecule has 3 aromatic rings. The fourth-order valence-corrected chi connectivity index (χ4v) is 3.67. The van der Waals surface area contributed by atoms with Gasteiger partial charge in [-0.15, -0.1) is 0 Å². The Morgan fingerprint density at radius 2 is 1.88 bits per heavy atom.